The van der Waals surface area contributed by atoms with E-state index in [0.29, 0.717) is 12.0 Å². The van der Waals surface area contributed by atoms with Crippen molar-refractivity contribution in [1.29, 1.82) is 0 Å². The van der Waals surface area contributed by atoms with E-state index in [1.54, 1.807) is 18.2 Å². The molecule has 154 valence electrons. The molecule has 0 saturated carbocycles. The van der Waals surface area contributed by atoms with Crippen LogP contribution >= 0.6 is 12.4 Å². The molecule has 0 bridgehead atoms. The third-order valence-electron chi connectivity index (χ3n) is 4.56. The number of benzene rings is 2. The van der Waals surface area contributed by atoms with Crippen LogP contribution in [0.15, 0.2) is 53.4 Å². The minimum Gasteiger partial charge on any atom is -0.344 e. The first-order valence-electron chi connectivity index (χ1n) is 9.21. The largest absolute Gasteiger partial charge is 0.344 e. The Morgan fingerprint density at radius 1 is 1.07 bits per heavy atom. The highest BCUT2D eigenvalue weighted by atomic mass is 35.5. The molecular formula is C21H29ClN2O3S. The Labute approximate surface area is 174 Å². The third-order valence-corrected chi connectivity index (χ3v) is 5.67. The minimum absolute atomic E-state index is 0. The number of rotatable bonds is 8. The van der Waals surface area contributed by atoms with Crippen LogP contribution in [-0.4, -0.2) is 26.6 Å². The number of carbonyl (C=O) groups is 1. The molecule has 7 heteroatoms. The lowest BCUT2D eigenvalue weighted by Gasteiger charge is -2.22. The van der Waals surface area contributed by atoms with Gasteiger partial charge in [0.1, 0.15) is 0 Å². The fraction of sp³-hybridized carbons (Fsp3) is 0.381. The number of carbonyl (C=O) groups excluding carboxylic acids is 1. The van der Waals surface area contributed by atoms with Crippen LogP contribution in [0, 0.1) is 0 Å². The van der Waals surface area contributed by atoms with E-state index in [4.69, 9.17) is 5.73 Å². The molecule has 1 amide bonds. The average Bonchev–Trinajstić information content (AvgIpc) is 2.65. The number of aryl methyl sites for hydroxylation is 1. The number of nitrogens with one attached hydrogen (secondary N) is 1. The van der Waals surface area contributed by atoms with Crippen LogP contribution in [0.1, 0.15) is 49.4 Å². The van der Waals surface area contributed by atoms with Crippen molar-refractivity contribution in [3.05, 3.63) is 65.2 Å². The first kappa shape index (κ1) is 24.1. The van der Waals surface area contributed by atoms with Crippen molar-refractivity contribution >= 4 is 28.2 Å². The van der Waals surface area contributed by atoms with Gasteiger partial charge in [-0.25, -0.2) is 8.42 Å². The van der Waals surface area contributed by atoms with Crippen molar-refractivity contribution in [3.8, 4) is 0 Å². The summed E-state index contributed by atoms with van der Waals surface area (Å²) in [4.78, 5) is 12.8. The molecule has 2 aromatic carbocycles. The molecule has 0 saturated heterocycles. The van der Waals surface area contributed by atoms with E-state index in [0.717, 1.165) is 18.4 Å². The monoisotopic (exact) mass is 424 g/mol. The Kier molecular flexibility index (Phi) is 9.14. The molecule has 2 atom stereocenters. The predicted octanol–water partition coefficient (Wildman–Crippen LogP) is 3.41. The fourth-order valence-electron chi connectivity index (χ4n) is 2.92. The van der Waals surface area contributed by atoms with E-state index >= 15 is 0 Å². The normalized spacial score (nSPS) is 13.3. The zero-order chi connectivity index (χ0) is 20.0. The molecule has 0 spiro atoms. The van der Waals surface area contributed by atoms with Crippen LogP contribution in [0.2, 0.25) is 0 Å². The number of halogens is 1. The number of nitrogens with two attached hydrogens (primary N) is 1. The van der Waals surface area contributed by atoms with Gasteiger partial charge in [-0.1, -0.05) is 56.7 Å². The molecular weight excluding hydrogens is 396 g/mol. The minimum atomic E-state index is -3.34. The van der Waals surface area contributed by atoms with Crippen molar-refractivity contribution < 1.29 is 13.2 Å². The summed E-state index contributed by atoms with van der Waals surface area (Å²) in [7, 11) is -3.34. The van der Waals surface area contributed by atoms with Gasteiger partial charge >= 0.3 is 0 Å². The average molecular weight is 425 g/mol. The van der Waals surface area contributed by atoms with Crippen molar-refractivity contribution in [2.75, 3.05) is 6.26 Å². The predicted molar refractivity (Wildman–Crippen MR) is 115 cm³/mol. The van der Waals surface area contributed by atoms with E-state index in [-0.39, 0.29) is 23.2 Å². The first-order valence-corrected chi connectivity index (χ1v) is 11.1. The molecule has 0 aliphatic carbocycles. The second-order valence-electron chi connectivity index (χ2n) is 6.78. The topological polar surface area (TPSA) is 89.3 Å². The maximum absolute atomic E-state index is 12.5. The first-order chi connectivity index (χ1) is 12.8. The van der Waals surface area contributed by atoms with Gasteiger partial charge in [0, 0.05) is 6.26 Å². The lowest BCUT2D eigenvalue weighted by molar-refractivity contribution is -0.123. The second kappa shape index (κ2) is 10.6. The molecule has 0 radical (unpaired) electrons. The number of hydrogen-bond donors (Lipinski definition) is 2. The van der Waals surface area contributed by atoms with E-state index in [1.165, 1.54) is 11.8 Å². The highest BCUT2D eigenvalue weighted by molar-refractivity contribution is 7.90. The van der Waals surface area contributed by atoms with Crippen LogP contribution in [0.3, 0.4) is 0 Å². The summed E-state index contributed by atoms with van der Waals surface area (Å²) in [6, 6.07) is 13.6. The Bertz CT molecular complexity index is 883. The Morgan fingerprint density at radius 2 is 1.71 bits per heavy atom. The van der Waals surface area contributed by atoms with Gasteiger partial charge in [-0.3, -0.25) is 4.79 Å². The molecule has 0 aliphatic rings. The summed E-state index contributed by atoms with van der Waals surface area (Å²) in [6.07, 6.45) is 3.50. The summed E-state index contributed by atoms with van der Waals surface area (Å²) in [5.41, 5.74) is 8.75. The van der Waals surface area contributed by atoms with Crippen molar-refractivity contribution in [1.82, 2.24) is 5.32 Å². The number of amides is 1. The van der Waals surface area contributed by atoms with Crippen molar-refractivity contribution in [2.24, 2.45) is 5.73 Å². The van der Waals surface area contributed by atoms with Crippen LogP contribution in [0.4, 0.5) is 0 Å². The molecule has 5 nitrogen and oxygen atoms in total. The second-order valence-corrected chi connectivity index (χ2v) is 8.79. The molecule has 0 aliphatic heterocycles. The molecule has 2 unspecified atom stereocenters. The molecule has 2 aromatic rings. The lowest BCUT2D eigenvalue weighted by Crippen LogP contribution is -2.42. The van der Waals surface area contributed by atoms with E-state index in [1.807, 2.05) is 37.3 Å². The summed E-state index contributed by atoms with van der Waals surface area (Å²) in [6.45, 7) is 4.05. The summed E-state index contributed by atoms with van der Waals surface area (Å²) >= 11 is 0. The third kappa shape index (κ3) is 6.33. The van der Waals surface area contributed by atoms with Gasteiger partial charge in [0.15, 0.2) is 9.84 Å². The maximum atomic E-state index is 12.5. The molecule has 0 aromatic heterocycles. The fourth-order valence-corrected chi connectivity index (χ4v) is 3.60. The summed E-state index contributed by atoms with van der Waals surface area (Å²) in [5.74, 6) is -0.244. The Morgan fingerprint density at radius 3 is 2.25 bits per heavy atom. The van der Waals surface area contributed by atoms with E-state index in [9.17, 15) is 13.2 Å². The highest BCUT2D eigenvalue weighted by Gasteiger charge is 2.21. The smallest absolute Gasteiger partial charge is 0.237 e. The Balaban J connectivity index is 0.00000392. The van der Waals surface area contributed by atoms with Crippen LogP contribution < -0.4 is 11.1 Å². The van der Waals surface area contributed by atoms with Gasteiger partial charge in [0.2, 0.25) is 5.91 Å². The lowest BCUT2D eigenvalue weighted by atomic mass is 9.96. The molecule has 28 heavy (non-hydrogen) atoms. The van der Waals surface area contributed by atoms with Crippen LogP contribution in [-0.2, 0) is 21.1 Å². The molecule has 3 N–H and O–H groups in total. The summed E-state index contributed by atoms with van der Waals surface area (Å²) in [5, 5.41) is 2.99. The zero-order valence-corrected chi connectivity index (χ0v) is 18.1. The van der Waals surface area contributed by atoms with Crippen molar-refractivity contribution in [2.45, 2.75) is 50.1 Å². The SMILES string of the molecule is CCCC(N)C(=O)NC(c1ccc(CC)cc1)c1cccc(S(C)(=O)=O)c1.Cl. The van der Waals surface area contributed by atoms with E-state index < -0.39 is 21.9 Å². The van der Waals surface area contributed by atoms with Crippen molar-refractivity contribution in [3.63, 3.8) is 0 Å². The number of sulfone groups is 1. The Hall–Kier alpha value is -1.89. The quantitative estimate of drug-likeness (QED) is 0.679. The molecule has 2 rings (SSSR count). The van der Waals surface area contributed by atoms with Crippen LogP contribution in [0.25, 0.3) is 0 Å². The van der Waals surface area contributed by atoms with E-state index in [2.05, 4.69) is 12.2 Å². The molecule has 0 fully saturated rings. The standard InChI is InChI=1S/C21H28N2O3S.ClH/c1-4-7-19(22)21(24)23-20(16-12-10-15(5-2)11-13-16)17-8-6-9-18(14-17)27(3,25)26;/h6,8-14,19-20H,4-5,7,22H2,1-3H3,(H,23,24);1H. The van der Waals surface area contributed by atoms with Gasteiger partial charge in [-0.15, -0.1) is 12.4 Å². The van der Waals surface area contributed by atoms with Gasteiger partial charge in [0.25, 0.3) is 0 Å². The number of hydrogen-bond acceptors (Lipinski definition) is 4. The van der Waals surface area contributed by atoms with Crippen LogP contribution in [0.5, 0.6) is 0 Å². The van der Waals surface area contributed by atoms with Gasteiger partial charge in [-0.05, 0) is 41.7 Å². The van der Waals surface area contributed by atoms with Gasteiger partial charge in [0.05, 0.1) is 17.0 Å². The summed E-state index contributed by atoms with van der Waals surface area (Å²) < 4.78 is 23.9. The highest BCUT2D eigenvalue weighted by Crippen LogP contribution is 2.25. The zero-order valence-electron chi connectivity index (χ0n) is 16.5. The maximum Gasteiger partial charge on any atom is 0.237 e. The molecule has 0 heterocycles. The van der Waals surface area contributed by atoms with Gasteiger partial charge < -0.3 is 11.1 Å². The van der Waals surface area contributed by atoms with Gasteiger partial charge in [-0.2, -0.15) is 0 Å².